The highest BCUT2D eigenvalue weighted by atomic mass is 19.1. The Morgan fingerprint density at radius 3 is 2.53 bits per heavy atom. The molecule has 0 aliphatic heterocycles. The minimum atomic E-state index is -0.863. The number of halogens is 1. The predicted molar refractivity (Wildman–Crippen MR) is 65.2 cm³/mol. The van der Waals surface area contributed by atoms with E-state index in [1.165, 1.54) is 0 Å². The number of carbonyl (C=O) groups excluding carboxylic acids is 1. The number of ether oxygens (including phenoxy) is 1. The van der Waals surface area contributed by atoms with Crippen molar-refractivity contribution in [3.63, 3.8) is 0 Å². The van der Waals surface area contributed by atoms with Crippen LogP contribution in [0.15, 0.2) is 41.7 Å². The SMILES string of the molecule is CCOC(=O)/C(F)=C(/C)CCc1ccccc1. The fourth-order valence-electron chi connectivity index (χ4n) is 1.45. The average Bonchev–Trinajstić information content (AvgIpc) is 2.36. The van der Waals surface area contributed by atoms with Crippen molar-refractivity contribution in [1.29, 1.82) is 0 Å². The number of aryl methyl sites for hydroxylation is 1. The molecule has 0 amide bonds. The first-order chi connectivity index (χ1) is 8.15. The maximum absolute atomic E-state index is 13.5. The minimum Gasteiger partial charge on any atom is -0.461 e. The molecule has 1 aromatic rings. The van der Waals surface area contributed by atoms with E-state index in [0.717, 1.165) is 12.0 Å². The number of hydrogen-bond donors (Lipinski definition) is 0. The quantitative estimate of drug-likeness (QED) is 0.578. The van der Waals surface area contributed by atoms with Crippen molar-refractivity contribution in [3.05, 3.63) is 47.3 Å². The van der Waals surface area contributed by atoms with E-state index < -0.39 is 11.8 Å². The third-order valence-corrected chi connectivity index (χ3v) is 2.46. The Labute approximate surface area is 101 Å². The van der Waals surface area contributed by atoms with E-state index in [1.54, 1.807) is 13.8 Å². The zero-order chi connectivity index (χ0) is 12.7. The van der Waals surface area contributed by atoms with E-state index in [-0.39, 0.29) is 6.61 Å². The van der Waals surface area contributed by atoms with E-state index in [2.05, 4.69) is 4.74 Å². The van der Waals surface area contributed by atoms with Crippen molar-refractivity contribution in [2.75, 3.05) is 6.61 Å². The molecule has 0 heterocycles. The second-order valence-electron chi connectivity index (χ2n) is 3.80. The summed E-state index contributed by atoms with van der Waals surface area (Å²) in [6.45, 7) is 3.47. The van der Waals surface area contributed by atoms with Gasteiger partial charge in [0.2, 0.25) is 5.83 Å². The average molecular weight is 236 g/mol. The lowest BCUT2D eigenvalue weighted by Gasteiger charge is -2.04. The van der Waals surface area contributed by atoms with Gasteiger partial charge in [-0.2, -0.15) is 4.39 Å². The molecular formula is C14H17FO2. The van der Waals surface area contributed by atoms with Crippen LogP contribution in [0.3, 0.4) is 0 Å². The number of benzene rings is 1. The molecule has 0 saturated carbocycles. The molecule has 2 nitrogen and oxygen atoms in total. The molecule has 0 aromatic heterocycles. The zero-order valence-corrected chi connectivity index (χ0v) is 10.2. The summed E-state index contributed by atoms with van der Waals surface area (Å²) < 4.78 is 18.1. The fraction of sp³-hybridized carbons (Fsp3) is 0.357. The van der Waals surface area contributed by atoms with Crippen LogP contribution in [-0.4, -0.2) is 12.6 Å². The molecular weight excluding hydrogens is 219 g/mol. The van der Waals surface area contributed by atoms with Gasteiger partial charge >= 0.3 is 5.97 Å². The molecule has 0 aliphatic carbocycles. The van der Waals surface area contributed by atoms with Crippen LogP contribution in [0.25, 0.3) is 0 Å². The number of esters is 1. The molecule has 17 heavy (non-hydrogen) atoms. The summed E-state index contributed by atoms with van der Waals surface area (Å²) in [6, 6.07) is 9.78. The second-order valence-corrected chi connectivity index (χ2v) is 3.80. The predicted octanol–water partition coefficient (Wildman–Crippen LogP) is 3.43. The Balaban J connectivity index is 2.56. The topological polar surface area (TPSA) is 26.3 Å². The molecule has 1 rings (SSSR count). The van der Waals surface area contributed by atoms with Gasteiger partial charge in [0.15, 0.2) is 0 Å². The number of rotatable bonds is 5. The molecule has 0 N–H and O–H groups in total. The summed E-state index contributed by atoms with van der Waals surface area (Å²) in [4.78, 5) is 11.1. The van der Waals surface area contributed by atoms with Gasteiger partial charge in [0.05, 0.1) is 6.61 Å². The smallest absolute Gasteiger partial charge is 0.367 e. The van der Waals surface area contributed by atoms with Gasteiger partial charge < -0.3 is 4.74 Å². The number of carbonyl (C=O) groups is 1. The summed E-state index contributed by atoms with van der Waals surface area (Å²) in [5.74, 6) is -1.62. The summed E-state index contributed by atoms with van der Waals surface area (Å²) in [5.41, 5.74) is 1.57. The molecule has 3 heteroatoms. The van der Waals surface area contributed by atoms with Gasteiger partial charge in [0.1, 0.15) is 0 Å². The van der Waals surface area contributed by atoms with Crippen LogP contribution in [0, 0.1) is 0 Å². The largest absolute Gasteiger partial charge is 0.461 e. The van der Waals surface area contributed by atoms with Crippen LogP contribution in [0.5, 0.6) is 0 Å². The molecule has 0 aliphatic rings. The Morgan fingerprint density at radius 2 is 1.94 bits per heavy atom. The van der Waals surface area contributed by atoms with Crippen LogP contribution in [0.1, 0.15) is 25.8 Å². The van der Waals surface area contributed by atoms with Crippen molar-refractivity contribution < 1.29 is 13.9 Å². The molecule has 0 atom stereocenters. The highest BCUT2D eigenvalue weighted by molar-refractivity contribution is 5.86. The summed E-state index contributed by atoms with van der Waals surface area (Å²) in [5, 5.41) is 0. The molecule has 0 saturated heterocycles. The van der Waals surface area contributed by atoms with Crippen LogP contribution in [0.4, 0.5) is 4.39 Å². The van der Waals surface area contributed by atoms with Crippen molar-refractivity contribution in [3.8, 4) is 0 Å². The van der Waals surface area contributed by atoms with Crippen LogP contribution in [0.2, 0.25) is 0 Å². The van der Waals surface area contributed by atoms with E-state index in [0.29, 0.717) is 12.0 Å². The highest BCUT2D eigenvalue weighted by Crippen LogP contribution is 2.15. The Bertz CT molecular complexity index is 396. The van der Waals surface area contributed by atoms with E-state index in [9.17, 15) is 9.18 Å². The molecule has 0 radical (unpaired) electrons. The highest BCUT2D eigenvalue weighted by Gasteiger charge is 2.13. The third-order valence-electron chi connectivity index (χ3n) is 2.46. The first kappa shape index (κ1) is 13.4. The lowest BCUT2D eigenvalue weighted by atomic mass is 10.1. The summed E-state index contributed by atoms with van der Waals surface area (Å²) in [6.07, 6.45) is 1.24. The third kappa shape index (κ3) is 4.39. The molecule has 0 fully saturated rings. The van der Waals surface area contributed by atoms with Gasteiger partial charge in [-0.1, -0.05) is 30.3 Å². The van der Waals surface area contributed by atoms with Crippen molar-refractivity contribution >= 4 is 5.97 Å². The molecule has 0 spiro atoms. The molecule has 0 unspecified atom stereocenters. The Kier molecular flexibility index (Phi) is 5.40. The van der Waals surface area contributed by atoms with Crippen LogP contribution < -0.4 is 0 Å². The maximum atomic E-state index is 13.5. The van der Waals surface area contributed by atoms with Crippen molar-refractivity contribution in [1.82, 2.24) is 0 Å². The first-order valence-corrected chi connectivity index (χ1v) is 5.71. The van der Waals surface area contributed by atoms with E-state index >= 15 is 0 Å². The maximum Gasteiger partial charge on any atom is 0.367 e. The lowest BCUT2D eigenvalue weighted by molar-refractivity contribution is -0.140. The van der Waals surface area contributed by atoms with Gasteiger partial charge in [-0.05, 0) is 37.8 Å². The van der Waals surface area contributed by atoms with Gasteiger partial charge in [-0.3, -0.25) is 0 Å². The van der Waals surface area contributed by atoms with E-state index in [4.69, 9.17) is 0 Å². The van der Waals surface area contributed by atoms with Crippen molar-refractivity contribution in [2.45, 2.75) is 26.7 Å². The van der Waals surface area contributed by atoms with E-state index in [1.807, 2.05) is 30.3 Å². The van der Waals surface area contributed by atoms with Gasteiger partial charge in [0.25, 0.3) is 0 Å². The van der Waals surface area contributed by atoms with Crippen LogP contribution >= 0.6 is 0 Å². The number of hydrogen-bond acceptors (Lipinski definition) is 2. The van der Waals surface area contributed by atoms with Crippen LogP contribution in [-0.2, 0) is 16.0 Å². The van der Waals surface area contributed by atoms with Gasteiger partial charge in [-0.25, -0.2) is 4.79 Å². The van der Waals surface area contributed by atoms with Gasteiger partial charge in [-0.15, -0.1) is 0 Å². The minimum absolute atomic E-state index is 0.193. The Morgan fingerprint density at radius 1 is 1.29 bits per heavy atom. The normalized spacial score (nSPS) is 11.9. The summed E-state index contributed by atoms with van der Waals surface area (Å²) >= 11 is 0. The molecule has 1 aromatic carbocycles. The zero-order valence-electron chi connectivity index (χ0n) is 10.2. The fourth-order valence-corrected chi connectivity index (χ4v) is 1.45. The second kappa shape index (κ2) is 6.84. The monoisotopic (exact) mass is 236 g/mol. The summed E-state index contributed by atoms with van der Waals surface area (Å²) in [7, 11) is 0. The van der Waals surface area contributed by atoms with Gasteiger partial charge in [0, 0.05) is 0 Å². The first-order valence-electron chi connectivity index (χ1n) is 5.71. The molecule has 0 bridgehead atoms. The standard InChI is InChI=1S/C14H17FO2/c1-3-17-14(16)13(15)11(2)9-10-12-7-5-4-6-8-12/h4-8H,3,9-10H2,1-2H3/b13-11+. The van der Waals surface area contributed by atoms with Crippen molar-refractivity contribution in [2.24, 2.45) is 0 Å². The Hall–Kier alpha value is -1.64. The number of allylic oxidation sites excluding steroid dienone is 1. The lowest BCUT2D eigenvalue weighted by Crippen LogP contribution is -2.06. The molecule has 92 valence electrons.